The zero-order chi connectivity index (χ0) is 17.2. The molecule has 1 aromatic rings. The molecule has 0 saturated carbocycles. The van der Waals surface area contributed by atoms with Crippen LogP contribution in [0.3, 0.4) is 0 Å². The maximum absolute atomic E-state index is 12.0. The fourth-order valence-electron chi connectivity index (χ4n) is 2.35. The van der Waals surface area contributed by atoms with Gasteiger partial charge in [0.25, 0.3) is 0 Å². The Bertz CT molecular complexity index is 557. The molecule has 2 amide bonds. The number of amides is 2. The van der Waals surface area contributed by atoms with Crippen LogP contribution in [0.5, 0.6) is 0 Å². The highest BCUT2D eigenvalue weighted by atomic mass is 16.4. The minimum Gasteiger partial charge on any atom is -0.481 e. The highest BCUT2D eigenvalue weighted by Gasteiger charge is 2.19. The average molecular weight is 320 g/mol. The summed E-state index contributed by atoms with van der Waals surface area (Å²) >= 11 is 0. The first-order chi connectivity index (χ1) is 10.9. The van der Waals surface area contributed by atoms with E-state index in [0.29, 0.717) is 13.0 Å². The molecule has 1 unspecified atom stereocenters. The first-order valence-electron chi connectivity index (χ1n) is 7.77. The number of carboxylic acid groups (broad SMARTS) is 1. The molecular weight excluding hydrogens is 296 g/mol. The first kappa shape index (κ1) is 18.7. The number of rotatable bonds is 9. The summed E-state index contributed by atoms with van der Waals surface area (Å²) in [5.74, 6) is -1.30. The van der Waals surface area contributed by atoms with E-state index in [2.05, 4.69) is 10.6 Å². The van der Waals surface area contributed by atoms with E-state index >= 15 is 0 Å². The Kier molecular flexibility index (Phi) is 7.80. The molecule has 23 heavy (non-hydrogen) atoms. The van der Waals surface area contributed by atoms with Gasteiger partial charge in [-0.1, -0.05) is 24.3 Å². The number of hydrogen-bond donors (Lipinski definition) is 3. The van der Waals surface area contributed by atoms with Gasteiger partial charge in [0.2, 0.25) is 11.8 Å². The molecular formula is C17H24N2O4. The number of carbonyl (C=O) groups is 3. The van der Waals surface area contributed by atoms with Crippen LogP contribution in [0.1, 0.15) is 49.8 Å². The molecule has 6 nitrogen and oxygen atoms in total. The lowest BCUT2D eigenvalue weighted by molar-refractivity contribution is -0.137. The molecule has 0 aliphatic rings. The Labute approximate surface area is 136 Å². The standard InChI is InChI=1S/C17H24N2O4/c1-3-18-15(20)9-6-10-16(21)19-14(11-17(22)23)13-8-5-4-7-12(13)2/h4-5,7-8,14H,3,6,9-11H2,1-2H3,(H,18,20)(H,19,21)(H,22,23). The summed E-state index contributed by atoms with van der Waals surface area (Å²) in [6, 6.07) is 6.82. The van der Waals surface area contributed by atoms with E-state index in [4.69, 9.17) is 5.11 Å². The number of aryl methyl sites for hydroxylation is 1. The molecule has 0 aliphatic carbocycles. The normalized spacial score (nSPS) is 11.6. The molecule has 0 radical (unpaired) electrons. The van der Waals surface area contributed by atoms with Gasteiger partial charge in [-0.3, -0.25) is 14.4 Å². The van der Waals surface area contributed by atoms with Crippen LogP contribution in [0.25, 0.3) is 0 Å². The van der Waals surface area contributed by atoms with Crippen LogP contribution in [0, 0.1) is 6.92 Å². The van der Waals surface area contributed by atoms with Gasteiger partial charge in [0.1, 0.15) is 0 Å². The van der Waals surface area contributed by atoms with Crippen molar-refractivity contribution in [3.63, 3.8) is 0 Å². The maximum Gasteiger partial charge on any atom is 0.305 e. The Morgan fingerprint density at radius 3 is 2.39 bits per heavy atom. The summed E-state index contributed by atoms with van der Waals surface area (Å²) in [7, 11) is 0. The predicted octanol–water partition coefficient (Wildman–Crippen LogP) is 1.93. The molecule has 1 rings (SSSR count). The van der Waals surface area contributed by atoms with Crippen LogP contribution in [0.2, 0.25) is 0 Å². The van der Waals surface area contributed by atoms with Crippen molar-refractivity contribution in [2.45, 2.75) is 45.6 Å². The van der Waals surface area contributed by atoms with Crippen LogP contribution < -0.4 is 10.6 Å². The third-order valence-corrected chi connectivity index (χ3v) is 3.46. The molecule has 0 aromatic heterocycles. The third-order valence-electron chi connectivity index (χ3n) is 3.46. The molecule has 0 fully saturated rings. The lowest BCUT2D eigenvalue weighted by Crippen LogP contribution is -2.31. The van der Waals surface area contributed by atoms with E-state index in [9.17, 15) is 14.4 Å². The quantitative estimate of drug-likeness (QED) is 0.648. The molecule has 0 aliphatic heterocycles. The second kappa shape index (κ2) is 9.61. The number of carboxylic acids is 1. The summed E-state index contributed by atoms with van der Waals surface area (Å²) in [5.41, 5.74) is 1.73. The minimum atomic E-state index is -0.971. The van der Waals surface area contributed by atoms with Crippen LogP contribution in [-0.4, -0.2) is 29.4 Å². The SMILES string of the molecule is CCNC(=O)CCCC(=O)NC(CC(=O)O)c1ccccc1C. The van der Waals surface area contributed by atoms with E-state index in [-0.39, 0.29) is 31.1 Å². The zero-order valence-corrected chi connectivity index (χ0v) is 13.6. The summed E-state index contributed by atoms with van der Waals surface area (Å²) < 4.78 is 0. The maximum atomic E-state index is 12.0. The number of carbonyl (C=O) groups excluding carboxylic acids is 2. The highest BCUT2D eigenvalue weighted by Crippen LogP contribution is 2.21. The molecule has 3 N–H and O–H groups in total. The Hall–Kier alpha value is -2.37. The number of benzene rings is 1. The Morgan fingerprint density at radius 1 is 1.13 bits per heavy atom. The topological polar surface area (TPSA) is 95.5 Å². The van der Waals surface area contributed by atoms with Crippen molar-refractivity contribution in [2.24, 2.45) is 0 Å². The molecule has 126 valence electrons. The van der Waals surface area contributed by atoms with Crippen LogP contribution in [-0.2, 0) is 14.4 Å². The largest absolute Gasteiger partial charge is 0.481 e. The van der Waals surface area contributed by atoms with Crippen molar-refractivity contribution >= 4 is 17.8 Å². The van der Waals surface area contributed by atoms with Gasteiger partial charge in [0.05, 0.1) is 12.5 Å². The second-order valence-electron chi connectivity index (χ2n) is 5.38. The summed E-state index contributed by atoms with van der Waals surface area (Å²) in [6.07, 6.45) is 0.743. The van der Waals surface area contributed by atoms with E-state index in [1.165, 1.54) is 0 Å². The van der Waals surface area contributed by atoms with Crippen LogP contribution in [0.15, 0.2) is 24.3 Å². The molecule has 1 aromatic carbocycles. The Morgan fingerprint density at radius 2 is 1.78 bits per heavy atom. The van der Waals surface area contributed by atoms with E-state index in [1.807, 2.05) is 38.1 Å². The molecule has 0 spiro atoms. The van der Waals surface area contributed by atoms with Gasteiger partial charge in [-0.25, -0.2) is 0 Å². The molecule has 6 heteroatoms. The van der Waals surface area contributed by atoms with Gasteiger partial charge in [0, 0.05) is 19.4 Å². The Balaban J connectivity index is 2.60. The lowest BCUT2D eigenvalue weighted by atomic mass is 9.98. The fourth-order valence-corrected chi connectivity index (χ4v) is 2.35. The lowest BCUT2D eigenvalue weighted by Gasteiger charge is -2.19. The van der Waals surface area contributed by atoms with Gasteiger partial charge < -0.3 is 15.7 Å². The van der Waals surface area contributed by atoms with Gasteiger partial charge in [-0.15, -0.1) is 0 Å². The van der Waals surface area contributed by atoms with Crippen LogP contribution in [0.4, 0.5) is 0 Å². The molecule has 1 atom stereocenters. The van der Waals surface area contributed by atoms with E-state index in [1.54, 1.807) is 0 Å². The van der Waals surface area contributed by atoms with E-state index < -0.39 is 12.0 Å². The van der Waals surface area contributed by atoms with E-state index in [0.717, 1.165) is 11.1 Å². The molecule has 0 bridgehead atoms. The van der Waals surface area contributed by atoms with Gasteiger partial charge in [0.15, 0.2) is 0 Å². The summed E-state index contributed by atoms with van der Waals surface area (Å²) in [4.78, 5) is 34.4. The van der Waals surface area contributed by atoms with Gasteiger partial charge in [-0.2, -0.15) is 0 Å². The summed E-state index contributed by atoms with van der Waals surface area (Å²) in [5, 5.41) is 14.5. The fraction of sp³-hybridized carbons (Fsp3) is 0.471. The first-order valence-corrected chi connectivity index (χ1v) is 7.77. The second-order valence-corrected chi connectivity index (χ2v) is 5.38. The van der Waals surface area contributed by atoms with Crippen molar-refractivity contribution in [1.82, 2.24) is 10.6 Å². The molecule has 0 heterocycles. The number of hydrogen-bond acceptors (Lipinski definition) is 3. The smallest absolute Gasteiger partial charge is 0.305 e. The average Bonchev–Trinajstić information content (AvgIpc) is 2.47. The van der Waals surface area contributed by atoms with Crippen molar-refractivity contribution in [1.29, 1.82) is 0 Å². The number of nitrogens with one attached hydrogen (secondary N) is 2. The molecule has 0 saturated heterocycles. The van der Waals surface area contributed by atoms with Gasteiger partial charge in [-0.05, 0) is 31.4 Å². The predicted molar refractivity (Wildman–Crippen MR) is 86.9 cm³/mol. The summed E-state index contributed by atoms with van der Waals surface area (Å²) in [6.45, 7) is 4.29. The third kappa shape index (κ3) is 6.95. The highest BCUT2D eigenvalue weighted by molar-refractivity contribution is 5.79. The van der Waals surface area contributed by atoms with Crippen molar-refractivity contribution in [3.8, 4) is 0 Å². The monoisotopic (exact) mass is 320 g/mol. The van der Waals surface area contributed by atoms with Crippen LogP contribution >= 0.6 is 0 Å². The van der Waals surface area contributed by atoms with Crippen molar-refractivity contribution in [3.05, 3.63) is 35.4 Å². The van der Waals surface area contributed by atoms with Gasteiger partial charge >= 0.3 is 5.97 Å². The number of aliphatic carboxylic acids is 1. The van der Waals surface area contributed by atoms with Crippen molar-refractivity contribution in [2.75, 3.05) is 6.54 Å². The van der Waals surface area contributed by atoms with Crippen molar-refractivity contribution < 1.29 is 19.5 Å². The minimum absolute atomic E-state index is 0.0821. The zero-order valence-electron chi connectivity index (χ0n) is 13.6.